The van der Waals surface area contributed by atoms with Gasteiger partial charge in [-0.3, -0.25) is 96.0 Å². The van der Waals surface area contributed by atoms with Gasteiger partial charge in [0.25, 0.3) is 0 Å². The van der Waals surface area contributed by atoms with Gasteiger partial charge in [0, 0.05) is 65.0 Å². The van der Waals surface area contributed by atoms with Crippen molar-refractivity contribution in [1.82, 2.24) is 89.6 Å². The monoisotopic (exact) mass is 1880 g/mol. The molecule has 0 saturated carbocycles. The average Bonchev–Trinajstić information content (AvgIpc) is 0.840. The topological polar surface area (TPSA) is 719 Å². The number of carboxylic acids is 3. The van der Waals surface area contributed by atoms with E-state index in [2.05, 4.69) is 79.8 Å². The molecule has 1 fully saturated rings. The number of nitrogens with zero attached hydrogens (tertiary/aromatic N) is 2. The molecule has 0 radical (unpaired) electrons. The van der Waals surface area contributed by atoms with E-state index in [0.29, 0.717) is 56.6 Å². The Bertz CT molecular complexity index is 4400. The number of nitrogens with one attached hydrogen (secondary N) is 15. The number of piperazine rings is 1. The highest BCUT2D eigenvalue weighted by atomic mass is 32.2. The third-order valence-corrected chi connectivity index (χ3v) is 21.8. The largest absolute Gasteiger partial charge is 0.508 e. The predicted molar refractivity (Wildman–Crippen MR) is 473 cm³/mol. The highest BCUT2D eigenvalue weighted by molar-refractivity contribution is 8.00. The summed E-state index contributed by atoms with van der Waals surface area (Å²) in [7, 11) is 1.69. The van der Waals surface area contributed by atoms with E-state index in [1.807, 2.05) is 4.90 Å². The Hall–Kier alpha value is -12.7. The number of hydrogen-bond acceptors (Lipinski definition) is 28. The number of phenolic OH excluding ortho intramolecular Hbond substituents is 2. The van der Waals surface area contributed by atoms with Crippen LogP contribution in [-0.2, 0) is 110 Å². The lowest BCUT2D eigenvalue weighted by Crippen LogP contribution is -2.63. The van der Waals surface area contributed by atoms with Gasteiger partial charge in [-0.15, -0.1) is 11.8 Å². The van der Waals surface area contributed by atoms with Crippen molar-refractivity contribution in [2.24, 2.45) is 17.6 Å². The lowest BCUT2D eigenvalue weighted by molar-refractivity contribution is -0.142. The number of benzene rings is 3. The SMILES string of the molecule is CC[C@H](C)[C@H](NC(=O)[C@H](CO)NC(=O)[C@H](Cc1ccc(O)cc1)NC(=O)[C@H](CC(=O)O)NC(=O)[C@H](CO)NC(=O)[C@@H](NC(=O)[C@H](Cc1ccccc1)NC(=O)[C@@H](NC(=O)CNC(=O)[C@H](CCC(=O)O)NC(=O)CSCC(=O)NCCN1CCN(C)C(=O)C1)[C@@H](C)O)[C@@H](C)O)C(=O)N[C@@H](Cc1ccc(O)cc1)C(=O)N[C@@H](CC(C)C)C(=O)N[C@@H](CC(=O)O)C(=O)N[C@H](C)CCCCN. The first kappa shape index (κ1) is 112. The van der Waals surface area contributed by atoms with E-state index in [0.717, 1.165) is 25.6 Å². The lowest BCUT2D eigenvalue weighted by Gasteiger charge is -2.31. The number of likely N-dealkylation sites (N-methyl/N-ethyl adjacent to an activating group) is 1. The summed E-state index contributed by atoms with van der Waals surface area (Å²) in [4.78, 5) is 261. The number of rotatable bonds is 59. The fourth-order valence-electron chi connectivity index (χ4n) is 13.2. The molecule has 47 heteroatoms. The van der Waals surface area contributed by atoms with Gasteiger partial charge in [0.15, 0.2) is 0 Å². The van der Waals surface area contributed by atoms with E-state index in [1.165, 1.54) is 67.6 Å². The number of aromatic hydroxyl groups is 2. The summed E-state index contributed by atoms with van der Waals surface area (Å²) in [5, 5.41) is 128. The number of unbranched alkanes of at least 4 members (excludes halogenated alkanes) is 1. The standard InChI is InChI=1S/C85H126N18O28S/c1-9-46(4)71(83(129)95-58(36-52-20-24-54(109)25-21-52)77(123)91-56(33-45(2)3)76(122)93-60(37-69(116)117)75(121)89-47(5)15-13-14-28-86)100-82(128)63(42-105)97-78(124)57(35-51-18-22-53(108)23-19-51)92-79(125)61(38-70(118)119)94-81(127)62(41-104)98-85(131)73(49(7)107)101-80(126)59(34-50-16-11-10-12-17-50)96-84(130)72(48(6)106)99-64(110)39-88-74(120)55(26-27-68(114)115)90-66(112)44-132-43-65(111)87-29-30-103-32-31-102(8)67(113)40-103/h10-12,16-25,45-49,55-63,71-73,104-109H,9,13-15,26-44,86H2,1-8H3,(H,87,111)(H,88,120)(H,89,121)(H,90,112)(H,91,123)(H,92,125)(H,93,122)(H,94,127)(H,95,129)(H,96,130)(H,97,124)(H,98,131)(H,99,110)(H,100,128)(H,101,126)(H,114,115)(H,116,117)(H,118,119)/t46-,47+,48+,49+,55-,56-,57-,58-,59-,60-,61-,62-,63-,71-,72-,73-/m0/s1. The molecule has 132 heavy (non-hydrogen) atoms. The molecule has 16 amide bonds. The highest BCUT2D eigenvalue weighted by Gasteiger charge is 2.40. The van der Waals surface area contributed by atoms with E-state index in [1.54, 1.807) is 57.8 Å². The molecule has 46 nitrogen and oxygen atoms in total. The second-order valence-electron chi connectivity index (χ2n) is 32.4. The van der Waals surface area contributed by atoms with Gasteiger partial charge >= 0.3 is 17.9 Å². The van der Waals surface area contributed by atoms with Crippen molar-refractivity contribution in [3.05, 3.63) is 95.6 Å². The molecule has 26 N–H and O–H groups in total. The van der Waals surface area contributed by atoms with Gasteiger partial charge in [-0.1, -0.05) is 95.1 Å². The summed E-state index contributed by atoms with van der Waals surface area (Å²) in [6.45, 7) is 9.16. The fraction of sp³-hybridized carbons (Fsp3) is 0.565. The zero-order valence-electron chi connectivity index (χ0n) is 74.7. The van der Waals surface area contributed by atoms with Gasteiger partial charge in [0.05, 0.1) is 62.9 Å². The van der Waals surface area contributed by atoms with Crippen LogP contribution in [0.3, 0.4) is 0 Å². The molecule has 3 aromatic rings. The van der Waals surface area contributed by atoms with Crippen molar-refractivity contribution in [2.45, 2.75) is 216 Å². The van der Waals surface area contributed by atoms with Crippen LogP contribution in [0.25, 0.3) is 0 Å². The van der Waals surface area contributed by atoms with Crippen LogP contribution in [0.2, 0.25) is 0 Å². The van der Waals surface area contributed by atoms with E-state index in [9.17, 15) is 137 Å². The van der Waals surface area contributed by atoms with Crippen LogP contribution in [0.1, 0.15) is 123 Å². The van der Waals surface area contributed by atoms with Crippen molar-refractivity contribution in [3.63, 3.8) is 0 Å². The van der Waals surface area contributed by atoms with Gasteiger partial charge in [0.2, 0.25) is 94.5 Å². The second kappa shape index (κ2) is 57.5. The number of aliphatic hydroxyl groups excluding tert-OH is 4. The summed E-state index contributed by atoms with van der Waals surface area (Å²) < 4.78 is 0. The normalized spacial score (nSPS) is 15.7. The number of carboxylic acid groups (broad SMARTS) is 3. The summed E-state index contributed by atoms with van der Waals surface area (Å²) in [5.41, 5.74) is 6.50. The van der Waals surface area contributed by atoms with E-state index in [4.69, 9.17) is 5.73 Å². The minimum atomic E-state index is -2.23. The molecule has 1 aliphatic heterocycles. The van der Waals surface area contributed by atoms with Gasteiger partial charge in [-0.05, 0) is 106 Å². The van der Waals surface area contributed by atoms with Gasteiger partial charge in [-0.25, -0.2) is 0 Å². The number of thioether (sulfide) groups is 1. The Kier molecular flexibility index (Phi) is 48.6. The number of aliphatic hydroxyl groups is 4. The molecule has 3 aromatic carbocycles. The minimum absolute atomic E-state index is 0.0645. The predicted octanol–water partition coefficient (Wildman–Crippen LogP) is -7.03. The molecular weight excluding hydrogens is 1750 g/mol. The van der Waals surface area contributed by atoms with Crippen LogP contribution in [0.15, 0.2) is 78.9 Å². The maximum atomic E-state index is 14.7. The third kappa shape index (κ3) is 40.8. The van der Waals surface area contributed by atoms with Crippen LogP contribution in [-0.4, -0.2) is 337 Å². The fourth-order valence-corrected chi connectivity index (χ4v) is 13.8. The van der Waals surface area contributed by atoms with Crippen LogP contribution < -0.4 is 85.5 Å². The molecule has 0 aliphatic carbocycles. The van der Waals surface area contributed by atoms with Crippen molar-refractivity contribution in [2.75, 3.05) is 77.6 Å². The third-order valence-electron chi connectivity index (χ3n) is 20.8. The quantitative estimate of drug-likeness (QED) is 0.0234. The number of carbonyl (C=O) groups is 19. The lowest BCUT2D eigenvalue weighted by atomic mass is 9.96. The maximum absolute atomic E-state index is 14.7. The molecule has 16 atom stereocenters. The van der Waals surface area contributed by atoms with E-state index < -0.39 is 261 Å². The van der Waals surface area contributed by atoms with E-state index in [-0.39, 0.29) is 72.7 Å². The first-order valence-corrected chi connectivity index (χ1v) is 44.1. The summed E-state index contributed by atoms with van der Waals surface area (Å²) in [6.07, 6.45) is -6.34. The number of hydrogen-bond donors (Lipinski definition) is 25. The molecule has 1 saturated heterocycles. The number of nitrogens with two attached hydrogens (primary N) is 1. The Balaban J connectivity index is 1.52. The molecule has 1 heterocycles. The van der Waals surface area contributed by atoms with Gasteiger partial charge < -0.3 is 136 Å². The number of aliphatic carboxylic acids is 3. The molecular formula is C85H126N18O28S. The first-order chi connectivity index (χ1) is 62.3. The number of phenols is 2. The average molecular weight is 1880 g/mol. The maximum Gasteiger partial charge on any atom is 0.305 e. The Morgan fingerprint density at radius 2 is 0.848 bits per heavy atom. The molecule has 730 valence electrons. The first-order valence-electron chi connectivity index (χ1n) is 42.9. The van der Waals surface area contributed by atoms with Gasteiger partial charge in [-0.2, -0.15) is 0 Å². The van der Waals surface area contributed by atoms with E-state index >= 15 is 0 Å². The van der Waals surface area contributed by atoms with Crippen molar-refractivity contribution < 1.29 is 137 Å². The molecule has 4 rings (SSSR count). The molecule has 0 unspecified atom stereocenters. The zero-order chi connectivity index (χ0) is 98.6. The van der Waals surface area contributed by atoms with Crippen molar-refractivity contribution in [1.29, 1.82) is 0 Å². The minimum Gasteiger partial charge on any atom is -0.508 e. The molecule has 0 bridgehead atoms. The highest BCUT2D eigenvalue weighted by Crippen LogP contribution is 2.19. The van der Waals surface area contributed by atoms with Crippen LogP contribution >= 0.6 is 11.8 Å². The number of carbonyl (C=O) groups excluding carboxylic acids is 16. The number of amides is 16. The summed E-state index contributed by atoms with van der Waals surface area (Å²) >= 11 is 0.872. The second-order valence-corrected chi connectivity index (χ2v) is 33.4. The smallest absolute Gasteiger partial charge is 0.305 e. The molecule has 0 spiro atoms. The van der Waals surface area contributed by atoms with Crippen LogP contribution in [0.5, 0.6) is 11.5 Å². The Morgan fingerprint density at radius 3 is 1.33 bits per heavy atom. The summed E-state index contributed by atoms with van der Waals surface area (Å²) in [5.74, 6) is -23.3. The van der Waals surface area contributed by atoms with Crippen LogP contribution in [0.4, 0.5) is 0 Å². The molecule has 1 aliphatic rings. The van der Waals surface area contributed by atoms with Crippen molar-refractivity contribution >= 4 is 124 Å². The van der Waals surface area contributed by atoms with Gasteiger partial charge in [0.1, 0.15) is 84.0 Å². The summed E-state index contributed by atoms with van der Waals surface area (Å²) in [6, 6.07) is -4.23. The zero-order valence-corrected chi connectivity index (χ0v) is 75.6. The Morgan fingerprint density at radius 1 is 0.432 bits per heavy atom. The Labute approximate surface area is 765 Å². The van der Waals surface area contributed by atoms with Crippen LogP contribution in [0, 0.1) is 11.8 Å². The van der Waals surface area contributed by atoms with Crippen molar-refractivity contribution in [3.8, 4) is 11.5 Å². The molecule has 0 aromatic heterocycles.